The van der Waals surface area contributed by atoms with Gasteiger partial charge in [-0.3, -0.25) is 20.0 Å². The van der Waals surface area contributed by atoms with E-state index in [1.54, 1.807) is 0 Å². The topological polar surface area (TPSA) is 21.8 Å². The predicted molar refractivity (Wildman–Crippen MR) is 71.9 cm³/mol. The van der Waals surface area contributed by atoms with Crippen LogP contribution in [0.4, 0.5) is 0 Å². The minimum absolute atomic E-state index is 0.317. The number of nitrogens with one attached hydrogen (secondary N) is 1. The highest BCUT2D eigenvalue weighted by Crippen LogP contribution is 2.17. The van der Waals surface area contributed by atoms with Crippen molar-refractivity contribution in [1.82, 2.24) is 20.0 Å². The molecule has 0 amide bonds. The molecular formula is C13H28N4. The average molecular weight is 240 g/mol. The lowest BCUT2D eigenvalue weighted by molar-refractivity contribution is -0.0308. The highest BCUT2D eigenvalue weighted by atomic mass is 15.5. The molecule has 2 rings (SSSR count). The van der Waals surface area contributed by atoms with Crippen molar-refractivity contribution in [1.29, 1.82) is 0 Å². The number of hydrogen-bond acceptors (Lipinski definition) is 4. The summed E-state index contributed by atoms with van der Waals surface area (Å²) in [6.07, 6.45) is 1.74. The molecule has 0 aromatic rings. The molecule has 2 aliphatic rings. The first-order chi connectivity index (χ1) is 7.98. The van der Waals surface area contributed by atoms with Crippen LogP contribution in [0.15, 0.2) is 0 Å². The van der Waals surface area contributed by atoms with E-state index in [-0.39, 0.29) is 0 Å². The van der Waals surface area contributed by atoms with Crippen LogP contribution in [0.1, 0.15) is 27.2 Å². The maximum absolute atomic E-state index is 3.63. The van der Waals surface area contributed by atoms with Crippen molar-refractivity contribution in [2.45, 2.75) is 39.0 Å². The predicted octanol–water partition coefficient (Wildman–Crippen LogP) is 0.611. The molecule has 1 unspecified atom stereocenters. The summed E-state index contributed by atoms with van der Waals surface area (Å²) in [6.45, 7) is 14.1. The second kappa shape index (κ2) is 5.22. The molecule has 4 nitrogen and oxygen atoms in total. The highest BCUT2D eigenvalue weighted by molar-refractivity contribution is 4.84. The van der Waals surface area contributed by atoms with Crippen LogP contribution in [0.3, 0.4) is 0 Å². The SMILES string of the molecule is CN1CCCNC1N1CCN(C(C)(C)C)CC1. The molecule has 2 aliphatic heterocycles. The fourth-order valence-electron chi connectivity index (χ4n) is 2.88. The maximum Gasteiger partial charge on any atom is 0.116 e. The van der Waals surface area contributed by atoms with Crippen molar-refractivity contribution in [2.24, 2.45) is 0 Å². The first-order valence-corrected chi connectivity index (χ1v) is 6.91. The average Bonchev–Trinajstić information content (AvgIpc) is 2.29. The van der Waals surface area contributed by atoms with E-state index < -0.39 is 0 Å². The molecule has 1 atom stereocenters. The molecule has 0 spiro atoms. The Hall–Kier alpha value is -0.160. The largest absolute Gasteiger partial charge is 0.296 e. The lowest BCUT2D eigenvalue weighted by atomic mass is 10.0. The van der Waals surface area contributed by atoms with Crippen molar-refractivity contribution < 1.29 is 0 Å². The Morgan fingerprint density at radius 3 is 2.18 bits per heavy atom. The van der Waals surface area contributed by atoms with E-state index in [0.717, 1.165) is 6.54 Å². The van der Waals surface area contributed by atoms with E-state index >= 15 is 0 Å². The molecule has 17 heavy (non-hydrogen) atoms. The quantitative estimate of drug-likeness (QED) is 0.725. The number of nitrogens with zero attached hydrogens (tertiary/aromatic N) is 3. The zero-order valence-corrected chi connectivity index (χ0v) is 11.9. The summed E-state index contributed by atoms with van der Waals surface area (Å²) in [7, 11) is 2.23. The van der Waals surface area contributed by atoms with Gasteiger partial charge in [0.1, 0.15) is 6.29 Å². The molecule has 2 saturated heterocycles. The molecule has 1 N–H and O–H groups in total. The molecule has 2 fully saturated rings. The van der Waals surface area contributed by atoms with Crippen molar-refractivity contribution in [3.05, 3.63) is 0 Å². The van der Waals surface area contributed by atoms with Gasteiger partial charge >= 0.3 is 0 Å². The molecular weight excluding hydrogens is 212 g/mol. The summed E-state index contributed by atoms with van der Waals surface area (Å²) < 4.78 is 0. The van der Waals surface area contributed by atoms with E-state index in [9.17, 15) is 0 Å². The molecule has 2 heterocycles. The van der Waals surface area contributed by atoms with Crippen LogP contribution in [-0.2, 0) is 0 Å². The van der Waals surface area contributed by atoms with Gasteiger partial charge in [-0.15, -0.1) is 0 Å². The minimum atomic E-state index is 0.317. The van der Waals surface area contributed by atoms with Gasteiger partial charge in [-0.1, -0.05) is 0 Å². The Bertz CT molecular complexity index is 240. The smallest absolute Gasteiger partial charge is 0.116 e. The van der Waals surface area contributed by atoms with E-state index in [1.807, 2.05) is 0 Å². The number of rotatable bonds is 1. The molecule has 0 saturated carbocycles. The van der Waals surface area contributed by atoms with Crippen LogP contribution >= 0.6 is 0 Å². The van der Waals surface area contributed by atoms with Crippen LogP contribution in [0, 0.1) is 0 Å². The number of piperazine rings is 1. The van der Waals surface area contributed by atoms with Crippen molar-refractivity contribution in [2.75, 3.05) is 46.3 Å². The fourth-order valence-corrected chi connectivity index (χ4v) is 2.88. The third-order valence-corrected chi connectivity index (χ3v) is 4.04. The first-order valence-electron chi connectivity index (χ1n) is 6.91. The monoisotopic (exact) mass is 240 g/mol. The second-order valence-corrected chi connectivity index (χ2v) is 6.36. The Labute approximate surface area is 106 Å². The Kier molecular flexibility index (Phi) is 4.08. The molecule has 4 heteroatoms. The molecule has 0 radical (unpaired) electrons. The van der Waals surface area contributed by atoms with Crippen molar-refractivity contribution >= 4 is 0 Å². The zero-order chi connectivity index (χ0) is 12.5. The molecule has 100 valence electrons. The van der Waals surface area contributed by atoms with Crippen molar-refractivity contribution in [3.63, 3.8) is 0 Å². The first kappa shape index (κ1) is 13.3. The van der Waals surface area contributed by atoms with Gasteiger partial charge in [0.25, 0.3) is 0 Å². The van der Waals surface area contributed by atoms with E-state index in [1.165, 1.54) is 39.1 Å². The van der Waals surface area contributed by atoms with Crippen LogP contribution in [0.5, 0.6) is 0 Å². The maximum atomic E-state index is 3.63. The zero-order valence-electron chi connectivity index (χ0n) is 11.9. The normalized spacial score (nSPS) is 30.7. The fraction of sp³-hybridized carbons (Fsp3) is 1.00. The van der Waals surface area contributed by atoms with Gasteiger partial charge in [0, 0.05) is 38.3 Å². The van der Waals surface area contributed by atoms with E-state index in [4.69, 9.17) is 0 Å². The third-order valence-electron chi connectivity index (χ3n) is 4.04. The summed E-state index contributed by atoms with van der Waals surface area (Å²) in [6, 6.07) is 0. The highest BCUT2D eigenvalue weighted by Gasteiger charge is 2.31. The summed E-state index contributed by atoms with van der Waals surface area (Å²) in [5, 5.41) is 3.63. The van der Waals surface area contributed by atoms with Crippen LogP contribution in [-0.4, -0.2) is 72.8 Å². The summed E-state index contributed by atoms with van der Waals surface area (Å²) in [5.41, 5.74) is 0.317. The summed E-state index contributed by atoms with van der Waals surface area (Å²) in [5.74, 6) is 0. The molecule has 0 aliphatic carbocycles. The molecule has 0 bridgehead atoms. The Morgan fingerprint density at radius 2 is 1.65 bits per heavy atom. The number of hydrogen-bond donors (Lipinski definition) is 1. The Balaban J connectivity index is 1.86. The second-order valence-electron chi connectivity index (χ2n) is 6.36. The third kappa shape index (κ3) is 3.19. The van der Waals surface area contributed by atoms with Gasteiger partial charge in [-0.05, 0) is 40.8 Å². The van der Waals surface area contributed by atoms with Gasteiger partial charge in [0.2, 0.25) is 0 Å². The minimum Gasteiger partial charge on any atom is -0.296 e. The molecule has 0 aromatic carbocycles. The van der Waals surface area contributed by atoms with Crippen LogP contribution < -0.4 is 5.32 Å². The Morgan fingerprint density at radius 1 is 1.00 bits per heavy atom. The van der Waals surface area contributed by atoms with Gasteiger partial charge in [-0.25, -0.2) is 0 Å². The van der Waals surface area contributed by atoms with Crippen molar-refractivity contribution in [3.8, 4) is 0 Å². The van der Waals surface area contributed by atoms with Crippen LogP contribution in [0.2, 0.25) is 0 Å². The lowest BCUT2D eigenvalue weighted by Gasteiger charge is -2.47. The summed E-state index contributed by atoms with van der Waals surface area (Å²) in [4.78, 5) is 7.62. The van der Waals surface area contributed by atoms with E-state index in [0.29, 0.717) is 11.8 Å². The van der Waals surface area contributed by atoms with Crippen LogP contribution in [0.25, 0.3) is 0 Å². The van der Waals surface area contributed by atoms with Gasteiger partial charge in [-0.2, -0.15) is 0 Å². The molecule has 0 aromatic heterocycles. The summed E-state index contributed by atoms with van der Waals surface area (Å²) >= 11 is 0. The standard InChI is InChI=1S/C13H28N4/c1-13(2,3)17-10-8-16(9-11-17)12-14-6-5-7-15(12)4/h12,14H,5-11H2,1-4H3. The van der Waals surface area contributed by atoms with Gasteiger partial charge in [0.05, 0.1) is 0 Å². The van der Waals surface area contributed by atoms with Gasteiger partial charge < -0.3 is 0 Å². The van der Waals surface area contributed by atoms with Gasteiger partial charge in [0.15, 0.2) is 0 Å². The van der Waals surface area contributed by atoms with E-state index in [2.05, 4.69) is 47.8 Å². The lowest BCUT2D eigenvalue weighted by Crippen LogP contribution is -2.64.